The van der Waals surface area contributed by atoms with Crippen molar-refractivity contribution in [2.24, 2.45) is 5.92 Å². The lowest BCUT2D eigenvalue weighted by Crippen LogP contribution is -2.37. The van der Waals surface area contributed by atoms with Crippen LogP contribution in [0.15, 0.2) is 94.6 Å². The smallest absolute Gasteiger partial charge is 0.330 e. The number of halogens is 1. The Morgan fingerprint density at radius 3 is 2.00 bits per heavy atom. The molecule has 0 unspecified atom stereocenters. The molecular weight excluding hydrogens is 623 g/mol. The van der Waals surface area contributed by atoms with Gasteiger partial charge in [-0.15, -0.1) is 0 Å². The molecule has 0 aliphatic carbocycles. The number of H-pyrrole nitrogens is 1. The molecule has 1 fully saturated rings. The third-order valence-electron chi connectivity index (χ3n) is 7.41. The number of aromatic nitrogens is 2. The first-order valence-electron chi connectivity index (χ1n) is 13.0. The molecule has 1 aromatic heterocycles. The second kappa shape index (κ2) is 12.0. The van der Waals surface area contributed by atoms with Crippen LogP contribution < -0.4 is 20.7 Å². The summed E-state index contributed by atoms with van der Waals surface area (Å²) in [7, 11) is 3.28. The van der Waals surface area contributed by atoms with Crippen molar-refractivity contribution in [2.45, 2.75) is 31.3 Å². The van der Waals surface area contributed by atoms with Gasteiger partial charge < -0.3 is 18.9 Å². The van der Waals surface area contributed by atoms with E-state index >= 15 is 0 Å². The number of aromatic amines is 1. The number of nitrogens with one attached hydrogen (secondary N) is 1. The lowest BCUT2D eigenvalue weighted by Gasteiger charge is -2.37. The molecule has 3 aromatic carbocycles. The van der Waals surface area contributed by atoms with E-state index in [-0.39, 0.29) is 18.6 Å². The zero-order valence-corrected chi connectivity index (χ0v) is 24.7. The summed E-state index contributed by atoms with van der Waals surface area (Å²) in [6.45, 7) is 2.35. The summed E-state index contributed by atoms with van der Waals surface area (Å²) in [5.41, 5.74) is 0.958. The predicted octanol–water partition coefficient (Wildman–Crippen LogP) is 5.09. The Bertz CT molecular complexity index is 1500. The maximum atomic E-state index is 12.5. The van der Waals surface area contributed by atoms with Gasteiger partial charge in [-0.1, -0.05) is 61.5 Å². The number of methoxy groups -OCH3 is 2. The molecular formula is C31H31IN2O6. The number of hydrogen-bond donors (Lipinski definition) is 1. The summed E-state index contributed by atoms with van der Waals surface area (Å²) in [4.78, 5) is 26.8. The summed E-state index contributed by atoms with van der Waals surface area (Å²) in [6.07, 6.45) is 1.36. The van der Waals surface area contributed by atoms with E-state index in [0.29, 0.717) is 9.99 Å². The van der Waals surface area contributed by atoms with Gasteiger partial charge in [-0.2, -0.15) is 0 Å². The second-order valence-electron chi connectivity index (χ2n) is 9.80. The van der Waals surface area contributed by atoms with E-state index in [1.54, 1.807) is 20.4 Å². The van der Waals surface area contributed by atoms with Gasteiger partial charge in [0.05, 0.1) is 30.5 Å². The zero-order valence-electron chi connectivity index (χ0n) is 22.5. The van der Waals surface area contributed by atoms with Gasteiger partial charge in [-0.3, -0.25) is 14.3 Å². The van der Waals surface area contributed by atoms with Gasteiger partial charge in [0.2, 0.25) is 0 Å². The van der Waals surface area contributed by atoms with Crippen LogP contribution >= 0.6 is 22.6 Å². The maximum Gasteiger partial charge on any atom is 0.330 e. The average Bonchev–Trinajstić information content (AvgIpc) is 3.36. The minimum atomic E-state index is -0.967. The van der Waals surface area contributed by atoms with E-state index in [1.165, 1.54) is 4.57 Å². The van der Waals surface area contributed by atoms with Crippen molar-refractivity contribution in [3.8, 4) is 11.5 Å². The van der Waals surface area contributed by atoms with Crippen molar-refractivity contribution in [1.82, 2.24) is 9.55 Å². The summed E-state index contributed by atoms with van der Waals surface area (Å²) in [5, 5.41) is 0. The molecule has 0 amide bonds. The van der Waals surface area contributed by atoms with Crippen molar-refractivity contribution in [2.75, 3.05) is 20.8 Å². The quantitative estimate of drug-likeness (QED) is 0.200. The predicted molar refractivity (Wildman–Crippen MR) is 160 cm³/mol. The normalized spacial score (nSPS) is 18.9. The fraction of sp³-hybridized carbons (Fsp3) is 0.290. The first-order valence-corrected chi connectivity index (χ1v) is 14.1. The highest BCUT2D eigenvalue weighted by Gasteiger charge is 2.41. The molecule has 1 N–H and O–H groups in total. The Morgan fingerprint density at radius 1 is 0.900 bits per heavy atom. The molecule has 4 aromatic rings. The standard InChI is InChI=1S/C31H31IN2O6/c1-20-17-28(34-18-26(32)29(35)33-30(34)36)40-27(20)19-39-31(21-7-5-4-6-8-21,22-9-13-24(37-2)14-10-22)23-11-15-25(38-3)16-12-23/h4-16,18,20,27-28H,17,19H2,1-3H3,(H,33,35,36)/t20-,27+,28+/m0/s1. The van der Waals surface area contributed by atoms with Crippen molar-refractivity contribution in [3.05, 3.63) is 126 Å². The van der Waals surface area contributed by atoms with Crippen LogP contribution in [0.5, 0.6) is 11.5 Å². The Balaban J connectivity index is 1.54. The molecule has 0 saturated carbocycles. The van der Waals surface area contributed by atoms with E-state index in [1.807, 2.05) is 89.3 Å². The second-order valence-corrected chi connectivity index (χ2v) is 11.0. The van der Waals surface area contributed by atoms with Gasteiger partial charge >= 0.3 is 5.69 Å². The van der Waals surface area contributed by atoms with Crippen LogP contribution in [0, 0.1) is 9.49 Å². The van der Waals surface area contributed by atoms with Crippen LogP contribution in [0.25, 0.3) is 0 Å². The van der Waals surface area contributed by atoms with Crippen LogP contribution in [0.1, 0.15) is 36.3 Å². The first kappa shape index (κ1) is 28.1. The molecule has 9 heteroatoms. The number of nitrogens with zero attached hydrogens (tertiary/aromatic N) is 1. The van der Waals surface area contributed by atoms with Crippen LogP contribution in [0.4, 0.5) is 0 Å². The highest BCUT2D eigenvalue weighted by Crippen LogP contribution is 2.43. The van der Waals surface area contributed by atoms with Crippen LogP contribution in [-0.4, -0.2) is 36.5 Å². The van der Waals surface area contributed by atoms with Crippen LogP contribution in [0.3, 0.4) is 0 Å². The van der Waals surface area contributed by atoms with Crippen molar-refractivity contribution in [1.29, 1.82) is 0 Å². The van der Waals surface area contributed by atoms with Gasteiger partial charge in [-0.25, -0.2) is 4.79 Å². The van der Waals surface area contributed by atoms with Crippen LogP contribution in [-0.2, 0) is 15.1 Å². The van der Waals surface area contributed by atoms with E-state index in [4.69, 9.17) is 18.9 Å². The Kier molecular flexibility index (Phi) is 8.43. The molecule has 8 nitrogen and oxygen atoms in total. The molecule has 208 valence electrons. The molecule has 5 rings (SSSR count). The third kappa shape index (κ3) is 5.45. The van der Waals surface area contributed by atoms with E-state index < -0.39 is 23.1 Å². The molecule has 3 atom stereocenters. The molecule has 1 aliphatic rings. The number of ether oxygens (including phenoxy) is 4. The number of benzene rings is 3. The van der Waals surface area contributed by atoms with Gasteiger partial charge in [-0.05, 0) is 75.9 Å². The first-order chi connectivity index (χ1) is 19.3. The maximum absolute atomic E-state index is 12.5. The highest BCUT2D eigenvalue weighted by atomic mass is 127. The zero-order chi connectivity index (χ0) is 28.3. The lowest BCUT2D eigenvalue weighted by molar-refractivity contribution is -0.0837. The van der Waals surface area contributed by atoms with Crippen molar-refractivity contribution in [3.63, 3.8) is 0 Å². The fourth-order valence-corrected chi connectivity index (χ4v) is 5.63. The van der Waals surface area contributed by atoms with Gasteiger partial charge in [0.15, 0.2) is 0 Å². The third-order valence-corrected chi connectivity index (χ3v) is 8.18. The molecule has 1 saturated heterocycles. The summed E-state index contributed by atoms with van der Waals surface area (Å²) >= 11 is 1.92. The summed E-state index contributed by atoms with van der Waals surface area (Å²) in [6, 6.07) is 25.8. The van der Waals surface area contributed by atoms with Crippen molar-refractivity contribution < 1.29 is 18.9 Å². The Morgan fingerprint density at radius 2 is 1.45 bits per heavy atom. The molecule has 1 aliphatic heterocycles. The minimum absolute atomic E-state index is 0.0988. The van der Waals surface area contributed by atoms with E-state index in [0.717, 1.165) is 28.2 Å². The molecule has 2 heterocycles. The fourth-order valence-electron chi connectivity index (χ4n) is 5.20. The Labute approximate surface area is 246 Å². The topological polar surface area (TPSA) is 91.8 Å². The van der Waals surface area contributed by atoms with Crippen LogP contribution in [0.2, 0.25) is 0 Å². The van der Waals surface area contributed by atoms with Gasteiger partial charge in [0, 0.05) is 6.20 Å². The van der Waals surface area contributed by atoms with E-state index in [9.17, 15) is 9.59 Å². The molecule has 0 bridgehead atoms. The minimum Gasteiger partial charge on any atom is -0.497 e. The monoisotopic (exact) mass is 654 g/mol. The van der Waals surface area contributed by atoms with Gasteiger partial charge in [0.25, 0.3) is 5.56 Å². The largest absolute Gasteiger partial charge is 0.497 e. The highest BCUT2D eigenvalue weighted by molar-refractivity contribution is 14.1. The Hall–Kier alpha value is -3.41. The van der Waals surface area contributed by atoms with Gasteiger partial charge in [0.1, 0.15) is 23.3 Å². The SMILES string of the molecule is COc1ccc(C(OC[C@H]2O[C@@H](n3cc(I)c(=O)[nH]c3=O)C[C@@H]2C)(c2ccccc2)c2ccc(OC)cc2)cc1. The molecule has 0 spiro atoms. The average molecular weight is 655 g/mol. The number of rotatable bonds is 9. The summed E-state index contributed by atoms with van der Waals surface area (Å²) < 4.78 is 26.1. The van der Waals surface area contributed by atoms with E-state index in [2.05, 4.69) is 24.0 Å². The lowest BCUT2D eigenvalue weighted by atomic mass is 9.80. The summed E-state index contributed by atoms with van der Waals surface area (Å²) in [5.74, 6) is 1.59. The molecule has 40 heavy (non-hydrogen) atoms. The van der Waals surface area contributed by atoms with Crippen molar-refractivity contribution >= 4 is 22.6 Å². The number of hydrogen-bond acceptors (Lipinski definition) is 6. The molecule has 0 radical (unpaired) electrons.